The lowest BCUT2D eigenvalue weighted by molar-refractivity contribution is -0.167. The third kappa shape index (κ3) is 22.4. The lowest BCUT2D eigenvalue weighted by Crippen LogP contribution is -2.46. The molecular formula is C73H61Br4ClF7N23O16S. The van der Waals surface area contributed by atoms with Crippen LogP contribution in [0.5, 0.6) is 0 Å². The molecule has 1 aliphatic rings. The Bertz CT molecular complexity index is 7360. The van der Waals surface area contributed by atoms with E-state index in [1.54, 1.807) is 4.72 Å². The van der Waals surface area contributed by atoms with E-state index in [0.29, 0.717) is 13.7 Å². The first-order chi connectivity index (χ1) is 66.3. The fourth-order valence-electron chi connectivity index (χ4n) is 10.5. The van der Waals surface area contributed by atoms with Gasteiger partial charge in [-0.15, -0.1) is 12.4 Å². The fourth-order valence-corrected chi connectivity index (χ4v) is 12.2. The summed E-state index contributed by atoms with van der Waals surface area (Å²) in [4.78, 5) is 60.5. The number of benzene rings is 7. The number of nitrogens with one attached hydrogen (secondary N) is 6. The van der Waals surface area contributed by atoms with Gasteiger partial charge < -0.3 is 26.4 Å². The highest BCUT2D eigenvalue weighted by atomic mass is 79.9. The largest absolute Gasteiger partial charge is 0.471 e. The van der Waals surface area contributed by atoms with Crippen LogP contribution in [-0.4, -0.2) is 159 Å². The maximum Gasteiger partial charge on any atom is 0.471 e. The van der Waals surface area contributed by atoms with Crippen molar-refractivity contribution in [2.75, 3.05) is 79.9 Å². The van der Waals surface area contributed by atoms with Crippen molar-refractivity contribution in [1.82, 2.24) is 90.2 Å². The Morgan fingerprint density at radius 3 is 1.17 bits per heavy atom. The van der Waals surface area contributed by atoms with Crippen LogP contribution >= 0.6 is 76.1 Å². The summed E-state index contributed by atoms with van der Waals surface area (Å²) in [5.41, 5.74) is 2.89. The minimum Gasteiger partial charge on any atom is -0.381 e. The molecular weight excluding hydrogens is 1980 g/mol. The zero-order valence-corrected chi connectivity index (χ0v) is 70.3. The number of anilines is 4. The molecule has 0 spiro atoms. The van der Waals surface area contributed by atoms with Crippen molar-refractivity contribution >= 4 is 115 Å². The highest BCUT2D eigenvalue weighted by Crippen LogP contribution is 2.38. The molecule has 1 saturated heterocycles. The van der Waals surface area contributed by atoms with Crippen molar-refractivity contribution in [3.05, 3.63) is 263 Å². The molecule has 7 aromatic carbocycles. The molecule has 0 bridgehead atoms. The van der Waals surface area contributed by atoms with Gasteiger partial charge in [0, 0.05) is 60.6 Å². The van der Waals surface area contributed by atoms with E-state index in [1.165, 1.54) is 25.1 Å². The molecule has 654 valence electrons. The lowest BCUT2D eigenvalue weighted by Gasteiger charge is -2.37. The van der Waals surface area contributed by atoms with E-state index >= 15 is 0 Å². The normalized spacial score (nSPS) is 14.1. The molecule has 8 N–H and O–H groups in total. The summed E-state index contributed by atoms with van der Waals surface area (Å²) in [7, 11) is -3.89. The summed E-state index contributed by atoms with van der Waals surface area (Å²) in [6, 6.07) is 20.2. The molecule has 15 aromatic rings. The first-order valence-corrected chi connectivity index (χ1v) is 39.2. The molecule has 0 saturated carbocycles. The van der Waals surface area contributed by atoms with Gasteiger partial charge in [0.2, 0.25) is 56.6 Å². The molecule has 8 aromatic heterocycles. The molecule has 125 heavy (non-hydrogen) atoms. The molecule has 1 amide bonds. The molecule has 0 atom stereocenters. The Hall–Kier alpha value is -12.8. The van der Waals surface area contributed by atoms with Gasteiger partial charge in [0.25, 0.3) is 0 Å². The van der Waals surface area contributed by atoms with Crippen molar-refractivity contribution in [3.63, 3.8) is 0 Å². The summed E-state index contributed by atoms with van der Waals surface area (Å²) in [5.74, 6) is -14.9. The van der Waals surface area contributed by atoms with E-state index in [-0.39, 0.29) is 80.9 Å². The van der Waals surface area contributed by atoms with Crippen LogP contribution in [0.15, 0.2) is 231 Å². The maximum atomic E-state index is 14.4. The Kier molecular flexibility index (Phi) is 24.1. The maximum absolute atomic E-state index is 14.4. The molecule has 39 nitrogen and oxygen atoms in total. The van der Waals surface area contributed by atoms with E-state index in [4.69, 9.17) is 42.9 Å². The minimum atomic E-state index is -5.29. The van der Waals surface area contributed by atoms with Crippen LogP contribution in [0.2, 0.25) is 0 Å². The number of hydrogen-bond donors (Lipinski definition) is 7. The highest BCUT2D eigenvalue weighted by molar-refractivity contribution is 9.11. The Morgan fingerprint density at radius 2 is 0.824 bits per heavy atom. The predicted octanol–water partition coefficient (Wildman–Crippen LogP) is 11.5. The monoisotopic (exact) mass is 2050 g/mol. The van der Waals surface area contributed by atoms with Gasteiger partial charge in [-0.05, 0) is 213 Å². The van der Waals surface area contributed by atoms with Crippen molar-refractivity contribution in [2.45, 2.75) is 31.5 Å². The molecule has 0 aliphatic carbocycles. The second-order valence-electron chi connectivity index (χ2n) is 23.9. The minimum absolute atomic E-state index is 0. The van der Waals surface area contributed by atoms with Gasteiger partial charge >= 0.3 is 35.1 Å². The van der Waals surface area contributed by atoms with E-state index in [0.717, 1.165) is 40.7 Å². The first-order valence-electron chi connectivity index (χ1n) is 42.6. The number of sulfonamides is 1. The zero-order valence-electron chi connectivity index (χ0n) is 79.3. The average Bonchev–Trinajstić information content (AvgIpc) is 1.45. The van der Waals surface area contributed by atoms with E-state index in [1.807, 2.05) is 91.0 Å². The van der Waals surface area contributed by atoms with Crippen LogP contribution in [0.3, 0.4) is 0 Å². The summed E-state index contributed by atoms with van der Waals surface area (Å²) in [6.45, 7) is -4.82. The van der Waals surface area contributed by atoms with E-state index in [2.05, 4.69) is 174 Å². The van der Waals surface area contributed by atoms with Gasteiger partial charge in [0.1, 0.15) is 23.3 Å². The molecule has 1 aliphatic heterocycles. The highest BCUT2D eigenvalue weighted by Gasteiger charge is 2.41. The number of alkyl halides is 3. The Labute approximate surface area is 759 Å². The van der Waals surface area contributed by atoms with Gasteiger partial charge in [-0.2, -0.15) is 13.2 Å². The van der Waals surface area contributed by atoms with E-state index in [9.17, 15) is 63.1 Å². The van der Waals surface area contributed by atoms with Crippen LogP contribution in [-0.2, 0) is 25.1 Å². The van der Waals surface area contributed by atoms with Gasteiger partial charge in [-0.25, -0.2) is 86.7 Å². The summed E-state index contributed by atoms with van der Waals surface area (Å²) >= 11 is 11.3. The summed E-state index contributed by atoms with van der Waals surface area (Å²) < 4.78 is 297. The van der Waals surface area contributed by atoms with Gasteiger partial charge in [0.05, 0.1) is 67.5 Å². The number of aromatic nitrogens is 16. The second-order valence-corrected chi connectivity index (χ2v) is 28.8. The lowest BCUT2D eigenvalue weighted by atomic mass is 9.77. The standard InChI is InChI=1S/C31H24BrFN6O3.C13H12BrFN6O5S.C13H12BrFN6O3.C12H4BrF4N5O4.C4H8O.ClH/c32-25-20-24(16-17-26(25)33)39-29(38-41-30(39)40)27-28(37-42-36-27)34-18-19-35-31(21-10-4-1-5-11-21,22-12-6-2-7-13-22)23-14-8-3-9-15-23;1-27(23,24)17-5-4-16-11-10(18-26-19-11)12-20-25-13(22)21(12)7-2-3-9(15)8(14)6-7;1-6-4-7(5-8(14)9(6)15)21-12(20-23-13(21)22)10-11(17-3-2-16)19-24-18-10;13-5-3-4(1-2-6(5)14)22-9(21-25-11(22)24)7-8(20-26-19-7)18-10(23)12(15,16)17;1-2-4-5-3-1;/h1-17,20,35H,18-19H2,(H,34,37);2-3,6,17H,4-5H2,1H3,(H,16,19);4-5H,2-3,16H2,1H3,(H,17,19);1-3H,(H,18,20,23);1-4H2;1H/i16D,17D,19D2,20D;2D,3D,5D2,6D;2D2,4D,5D;1D,2D,3D;;. The summed E-state index contributed by atoms with van der Waals surface area (Å²) in [6.07, 6.45) is -1.97. The van der Waals surface area contributed by atoms with Crippen molar-refractivity contribution in [1.29, 1.82) is 0 Å². The average molecular weight is 2050 g/mol. The quantitative estimate of drug-likeness (QED) is 0.0206. The number of nitrogens with zero attached hydrogens (tertiary/aromatic N) is 16. The number of carbonyl (C=O) groups is 1. The van der Waals surface area contributed by atoms with Gasteiger partial charge in [-0.1, -0.05) is 112 Å². The predicted molar refractivity (Wildman–Crippen MR) is 444 cm³/mol. The smallest absolute Gasteiger partial charge is 0.381 e. The van der Waals surface area contributed by atoms with Crippen molar-refractivity contribution in [2.24, 2.45) is 5.73 Å². The number of halogens is 12. The van der Waals surface area contributed by atoms with Crippen LogP contribution < -0.4 is 60.1 Å². The SMILES string of the molecule is C1CCOC1.Cl.[2H]c1c(C)c(F)c(Br)c([2H])c1-n1c(-c2nonc2NCC([2H])([2H])N)noc1=O.[2H]c1c([2H])c(-n2c(-c3nonc3NC(=O)C(F)(F)F)noc2=O)c([2H])c(Br)c1F.[2H]c1c([2H])c(-n2c(-c3nonc3NCC([2H])([2H])NC(c3ccccc3)(c3ccccc3)c3ccccc3)noc2=O)c([2H])c(Br)c1F.[2H]c1c([2H])c(-n2c(-c3nonc3NCC([2H])([2H])NS(C)(=O)=O)noc2=O)c([2H])c(Br)c1F. The van der Waals surface area contributed by atoms with Gasteiger partial charge in [0.15, 0.2) is 22.8 Å². The number of ether oxygens (including phenoxy) is 1. The number of carbonyl (C=O) groups excluding carboxylic acids is 1. The third-order valence-corrected chi connectivity index (χ3v) is 18.5. The van der Waals surface area contributed by atoms with Gasteiger partial charge in [-0.3, -0.25) is 33.5 Å². The Balaban J connectivity index is 0.000000181. The van der Waals surface area contributed by atoms with Crippen molar-refractivity contribution < 1.29 is 109 Å². The number of hydrogen-bond acceptors (Lipinski definition) is 33. The van der Waals surface area contributed by atoms with Crippen LogP contribution in [0.4, 0.5) is 54.0 Å². The van der Waals surface area contributed by atoms with Crippen molar-refractivity contribution in [3.8, 4) is 68.8 Å². The molecule has 52 heteroatoms. The second kappa shape index (κ2) is 42.1. The molecule has 0 unspecified atom stereocenters. The molecule has 16 rings (SSSR count). The summed E-state index contributed by atoms with van der Waals surface area (Å²) in [5, 5.41) is 54.6. The molecule has 0 radical (unpaired) electrons. The number of rotatable bonds is 25. The first kappa shape index (κ1) is 71.6. The molecule has 1 fully saturated rings. The van der Waals surface area contributed by atoms with E-state index < -0.39 is 227 Å². The van der Waals surface area contributed by atoms with Crippen LogP contribution in [0.1, 0.15) is 58.4 Å². The fraction of sp³-hybridized carbons (Fsp3) is 0.192. The zero-order chi connectivity index (χ0) is 103. The number of nitrogens with two attached hydrogens (primary N) is 1. The van der Waals surface area contributed by atoms with Crippen LogP contribution in [0.25, 0.3) is 68.8 Å². The molecule has 9 heterocycles. The number of amides is 1. The third-order valence-electron chi connectivity index (χ3n) is 15.8. The van der Waals surface area contributed by atoms with Crippen LogP contribution in [0, 0.1) is 30.2 Å². The Morgan fingerprint density at radius 1 is 0.488 bits per heavy atom. The topological polar surface area (TPSA) is 506 Å².